The molecule has 1 aromatic heterocycles. The number of benzene rings is 2. The number of para-hydroxylation sites is 1. The van der Waals surface area contributed by atoms with Crippen molar-refractivity contribution in [2.45, 2.75) is 6.54 Å². The van der Waals surface area contributed by atoms with Gasteiger partial charge in [-0.1, -0.05) is 18.2 Å². The van der Waals surface area contributed by atoms with Gasteiger partial charge in [0.25, 0.3) is 0 Å². The molecule has 0 saturated heterocycles. The second-order valence-electron chi connectivity index (χ2n) is 5.25. The molecule has 1 heterocycles. The van der Waals surface area contributed by atoms with E-state index in [1.54, 1.807) is 6.07 Å². The van der Waals surface area contributed by atoms with Crippen molar-refractivity contribution in [3.63, 3.8) is 0 Å². The largest absolute Gasteiger partial charge is 0.366 e. The molecule has 0 aliphatic rings. The molecule has 4 nitrogen and oxygen atoms in total. The lowest BCUT2D eigenvalue weighted by Crippen LogP contribution is -2.12. The van der Waals surface area contributed by atoms with Crippen molar-refractivity contribution in [2.75, 3.05) is 17.3 Å². The Hall–Kier alpha value is -3.02. The number of rotatable bonds is 5. The molecule has 0 saturated carbocycles. The number of nitrogens with one attached hydrogen (secondary N) is 1. The molecule has 24 heavy (non-hydrogen) atoms. The monoisotopic (exact) mass is 326 g/mol. The van der Waals surface area contributed by atoms with Crippen LogP contribution in [0.3, 0.4) is 0 Å². The molecule has 0 bridgehead atoms. The number of hydrogen-bond donors (Lipinski definition) is 1. The highest BCUT2D eigenvalue weighted by Gasteiger charge is 2.08. The molecule has 6 heteroatoms. The van der Waals surface area contributed by atoms with E-state index < -0.39 is 11.6 Å². The van der Waals surface area contributed by atoms with Crippen molar-refractivity contribution in [3.05, 3.63) is 78.1 Å². The summed E-state index contributed by atoms with van der Waals surface area (Å²) < 4.78 is 26.9. The van der Waals surface area contributed by atoms with Gasteiger partial charge in [0.1, 0.15) is 29.6 Å². The summed E-state index contributed by atoms with van der Waals surface area (Å²) in [6.07, 6.45) is 1.43. The van der Waals surface area contributed by atoms with Crippen LogP contribution in [0.15, 0.2) is 60.9 Å². The van der Waals surface area contributed by atoms with Gasteiger partial charge in [-0.25, -0.2) is 18.7 Å². The summed E-state index contributed by atoms with van der Waals surface area (Å²) in [5, 5.41) is 2.99. The number of aromatic nitrogens is 2. The summed E-state index contributed by atoms with van der Waals surface area (Å²) in [6, 6.07) is 14.9. The van der Waals surface area contributed by atoms with Gasteiger partial charge in [-0.3, -0.25) is 0 Å². The molecule has 0 amide bonds. The Kier molecular flexibility index (Phi) is 4.65. The van der Waals surface area contributed by atoms with Crippen molar-refractivity contribution < 1.29 is 8.78 Å². The van der Waals surface area contributed by atoms with Gasteiger partial charge in [0, 0.05) is 30.9 Å². The summed E-state index contributed by atoms with van der Waals surface area (Å²) in [6.45, 7) is 0.134. The first-order chi connectivity index (χ1) is 11.6. The van der Waals surface area contributed by atoms with E-state index in [4.69, 9.17) is 0 Å². The number of nitrogens with zero attached hydrogens (tertiary/aromatic N) is 3. The highest BCUT2D eigenvalue weighted by Crippen LogP contribution is 2.22. The molecule has 3 rings (SSSR count). The summed E-state index contributed by atoms with van der Waals surface area (Å²) in [7, 11) is 1.90. The summed E-state index contributed by atoms with van der Waals surface area (Å²) in [4.78, 5) is 10.3. The van der Waals surface area contributed by atoms with E-state index >= 15 is 0 Å². The van der Waals surface area contributed by atoms with Crippen LogP contribution in [0.5, 0.6) is 0 Å². The summed E-state index contributed by atoms with van der Waals surface area (Å²) >= 11 is 0. The number of anilines is 3. The normalized spacial score (nSPS) is 10.5. The quantitative estimate of drug-likeness (QED) is 0.765. The molecule has 0 atom stereocenters. The Morgan fingerprint density at radius 2 is 1.79 bits per heavy atom. The highest BCUT2D eigenvalue weighted by atomic mass is 19.1. The Bertz CT molecular complexity index is 824. The van der Waals surface area contributed by atoms with Gasteiger partial charge < -0.3 is 10.2 Å². The Morgan fingerprint density at radius 3 is 2.58 bits per heavy atom. The maximum atomic E-state index is 13.7. The van der Waals surface area contributed by atoms with Gasteiger partial charge in [-0.15, -0.1) is 0 Å². The van der Waals surface area contributed by atoms with Crippen LogP contribution in [0.1, 0.15) is 5.56 Å². The zero-order chi connectivity index (χ0) is 16.9. The van der Waals surface area contributed by atoms with Gasteiger partial charge >= 0.3 is 0 Å². The van der Waals surface area contributed by atoms with Gasteiger partial charge in [0.2, 0.25) is 0 Å². The van der Waals surface area contributed by atoms with Crippen LogP contribution in [0, 0.1) is 11.6 Å². The number of halogens is 2. The molecule has 0 fully saturated rings. The number of hydrogen-bond acceptors (Lipinski definition) is 4. The SMILES string of the molecule is CN(c1ccccc1)c1cc(NCc2cc(F)ccc2F)ncn1. The van der Waals surface area contributed by atoms with Crippen LogP contribution in [0.2, 0.25) is 0 Å². The first-order valence-corrected chi connectivity index (χ1v) is 7.42. The minimum absolute atomic E-state index is 0.134. The second kappa shape index (κ2) is 7.04. The molecular weight excluding hydrogens is 310 g/mol. The lowest BCUT2D eigenvalue weighted by Gasteiger charge is -2.18. The average molecular weight is 326 g/mol. The zero-order valence-electron chi connectivity index (χ0n) is 13.1. The molecule has 0 spiro atoms. The lowest BCUT2D eigenvalue weighted by molar-refractivity contribution is 0.587. The maximum absolute atomic E-state index is 13.7. The second-order valence-corrected chi connectivity index (χ2v) is 5.25. The van der Waals surface area contributed by atoms with Crippen LogP contribution in [-0.4, -0.2) is 17.0 Å². The molecule has 2 aromatic carbocycles. The molecule has 1 N–H and O–H groups in total. The van der Waals surface area contributed by atoms with Crippen molar-refractivity contribution in [1.82, 2.24) is 9.97 Å². The van der Waals surface area contributed by atoms with E-state index in [0.29, 0.717) is 11.6 Å². The van der Waals surface area contributed by atoms with Crippen molar-refractivity contribution in [3.8, 4) is 0 Å². The minimum atomic E-state index is -0.472. The van der Waals surface area contributed by atoms with Gasteiger partial charge in [-0.05, 0) is 30.3 Å². The standard InChI is InChI=1S/C18H16F2N4/c1-24(15-5-3-2-4-6-15)18-10-17(22-12-23-18)21-11-13-9-14(19)7-8-16(13)20/h2-10,12H,11H2,1H3,(H,21,22,23). The molecule has 3 aromatic rings. The first-order valence-electron chi connectivity index (χ1n) is 7.42. The van der Waals surface area contributed by atoms with E-state index in [9.17, 15) is 8.78 Å². The fourth-order valence-electron chi connectivity index (χ4n) is 2.28. The van der Waals surface area contributed by atoms with E-state index in [1.165, 1.54) is 12.4 Å². The summed E-state index contributed by atoms with van der Waals surface area (Å²) in [5.74, 6) is 0.296. The maximum Gasteiger partial charge on any atom is 0.138 e. The molecular formula is C18H16F2N4. The van der Waals surface area contributed by atoms with Crippen LogP contribution >= 0.6 is 0 Å². The van der Waals surface area contributed by atoms with Gasteiger partial charge in [-0.2, -0.15) is 0 Å². The predicted octanol–water partition coefficient (Wildman–Crippen LogP) is 4.13. The Morgan fingerprint density at radius 1 is 1.00 bits per heavy atom. The van der Waals surface area contributed by atoms with Crippen molar-refractivity contribution in [2.24, 2.45) is 0 Å². The molecule has 0 aliphatic carbocycles. The molecule has 0 aliphatic heterocycles. The van der Waals surface area contributed by atoms with Crippen molar-refractivity contribution >= 4 is 17.3 Å². The van der Waals surface area contributed by atoms with E-state index in [1.807, 2.05) is 42.3 Å². The van der Waals surface area contributed by atoms with E-state index in [2.05, 4.69) is 15.3 Å². The van der Waals surface area contributed by atoms with Crippen LogP contribution in [0.25, 0.3) is 0 Å². The third-order valence-corrected chi connectivity index (χ3v) is 3.61. The van der Waals surface area contributed by atoms with E-state index in [-0.39, 0.29) is 12.1 Å². The highest BCUT2D eigenvalue weighted by molar-refractivity contribution is 5.61. The molecule has 122 valence electrons. The Balaban J connectivity index is 1.75. The predicted molar refractivity (Wildman–Crippen MR) is 90.2 cm³/mol. The topological polar surface area (TPSA) is 41.0 Å². The summed E-state index contributed by atoms with van der Waals surface area (Å²) in [5.41, 5.74) is 1.23. The smallest absolute Gasteiger partial charge is 0.138 e. The fourth-order valence-corrected chi connectivity index (χ4v) is 2.28. The minimum Gasteiger partial charge on any atom is -0.366 e. The van der Waals surface area contributed by atoms with Crippen LogP contribution < -0.4 is 10.2 Å². The zero-order valence-corrected chi connectivity index (χ0v) is 13.1. The average Bonchev–Trinajstić information content (AvgIpc) is 2.63. The Labute approximate surface area is 138 Å². The lowest BCUT2D eigenvalue weighted by atomic mass is 10.2. The van der Waals surface area contributed by atoms with Crippen LogP contribution in [-0.2, 0) is 6.54 Å². The van der Waals surface area contributed by atoms with Crippen LogP contribution in [0.4, 0.5) is 26.1 Å². The fraction of sp³-hybridized carbons (Fsp3) is 0.111. The van der Waals surface area contributed by atoms with E-state index in [0.717, 1.165) is 17.8 Å². The van der Waals surface area contributed by atoms with Gasteiger partial charge in [0.15, 0.2) is 0 Å². The van der Waals surface area contributed by atoms with Crippen molar-refractivity contribution in [1.29, 1.82) is 0 Å². The molecule has 0 unspecified atom stereocenters. The first kappa shape index (κ1) is 15.9. The molecule has 0 radical (unpaired) electrons. The van der Waals surface area contributed by atoms with Gasteiger partial charge in [0.05, 0.1) is 0 Å². The third-order valence-electron chi connectivity index (χ3n) is 3.61. The third kappa shape index (κ3) is 3.65.